The van der Waals surface area contributed by atoms with Crippen molar-refractivity contribution in [3.05, 3.63) is 29.8 Å². The molecule has 1 heterocycles. The van der Waals surface area contributed by atoms with Gasteiger partial charge in [-0.15, -0.1) is 0 Å². The van der Waals surface area contributed by atoms with Crippen LogP contribution >= 0.6 is 0 Å². The summed E-state index contributed by atoms with van der Waals surface area (Å²) in [7, 11) is 0. The fraction of sp³-hybridized carbons (Fsp3) is 0.625. The predicted octanol–water partition coefficient (Wildman–Crippen LogP) is 2.30. The second-order valence-corrected chi connectivity index (χ2v) is 5.35. The fourth-order valence-electron chi connectivity index (χ4n) is 2.83. The van der Waals surface area contributed by atoms with E-state index in [9.17, 15) is 0 Å². The van der Waals surface area contributed by atoms with Crippen molar-refractivity contribution in [2.24, 2.45) is 11.7 Å². The van der Waals surface area contributed by atoms with E-state index in [0.717, 1.165) is 31.9 Å². The zero-order valence-corrected chi connectivity index (χ0v) is 12.0. The molecule has 106 valence electrons. The van der Waals surface area contributed by atoms with Gasteiger partial charge in [0, 0.05) is 6.54 Å². The standard InChI is InChI=1S/C16H26N2O/c1-2-19-16-8-4-3-7-15(16)11-14(12-17)13-18-9-5-6-10-18/h3-4,7-8,14H,2,5-6,9-13,17H2,1H3. The lowest BCUT2D eigenvalue weighted by molar-refractivity contribution is 0.276. The van der Waals surface area contributed by atoms with Gasteiger partial charge in [0.15, 0.2) is 0 Å². The quantitative estimate of drug-likeness (QED) is 0.819. The normalized spacial score (nSPS) is 17.6. The van der Waals surface area contributed by atoms with Gasteiger partial charge in [0.1, 0.15) is 5.75 Å². The molecule has 2 rings (SSSR count). The zero-order valence-electron chi connectivity index (χ0n) is 12.0. The monoisotopic (exact) mass is 262 g/mol. The van der Waals surface area contributed by atoms with Crippen molar-refractivity contribution in [3.8, 4) is 5.75 Å². The molecule has 0 saturated carbocycles. The summed E-state index contributed by atoms with van der Waals surface area (Å²) in [4.78, 5) is 2.54. The van der Waals surface area contributed by atoms with E-state index in [1.165, 1.54) is 31.5 Å². The van der Waals surface area contributed by atoms with E-state index in [1.54, 1.807) is 0 Å². The van der Waals surface area contributed by atoms with Crippen LogP contribution in [0.1, 0.15) is 25.3 Å². The molecule has 1 unspecified atom stereocenters. The summed E-state index contributed by atoms with van der Waals surface area (Å²) in [5.41, 5.74) is 7.25. The second kappa shape index (κ2) is 7.51. The molecule has 0 aliphatic carbocycles. The molecule has 2 N–H and O–H groups in total. The van der Waals surface area contributed by atoms with E-state index in [1.807, 2.05) is 13.0 Å². The van der Waals surface area contributed by atoms with Crippen LogP contribution in [0.15, 0.2) is 24.3 Å². The first-order valence-corrected chi connectivity index (χ1v) is 7.46. The topological polar surface area (TPSA) is 38.5 Å². The Morgan fingerprint density at radius 3 is 2.68 bits per heavy atom. The SMILES string of the molecule is CCOc1ccccc1CC(CN)CN1CCCC1. The van der Waals surface area contributed by atoms with Crippen LogP contribution in [0.4, 0.5) is 0 Å². The third-order valence-electron chi connectivity index (χ3n) is 3.83. The minimum absolute atomic E-state index is 0.528. The second-order valence-electron chi connectivity index (χ2n) is 5.35. The minimum atomic E-state index is 0.528. The van der Waals surface area contributed by atoms with Crippen LogP contribution in [0.3, 0.4) is 0 Å². The lowest BCUT2D eigenvalue weighted by Gasteiger charge is -2.23. The fourth-order valence-corrected chi connectivity index (χ4v) is 2.83. The molecule has 19 heavy (non-hydrogen) atoms. The lowest BCUT2D eigenvalue weighted by Crippen LogP contribution is -2.32. The van der Waals surface area contributed by atoms with Crippen LogP contribution in [-0.2, 0) is 6.42 Å². The van der Waals surface area contributed by atoms with E-state index < -0.39 is 0 Å². The number of benzene rings is 1. The Morgan fingerprint density at radius 1 is 1.26 bits per heavy atom. The summed E-state index contributed by atoms with van der Waals surface area (Å²) in [6.45, 7) is 7.10. The molecule has 1 aliphatic rings. The van der Waals surface area contributed by atoms with Gasteiger partial charge in [0.25, 0.3) is 0 Å². The minimum Gasteiger partial charge on any atom is -0.494 e. The molecule has 1 atom stereocenters. The Morgan fingerprint density at radius 2 is 2.00 bits per heavy atom. The third kappa shape index (κ3) is 4.22. The summed E-state index contributed by atoms with van der Waals surface area (Å²) in [5.74, 6) is 1.55. The Labute approximate surface area is 116 Å². The molecule has 0 aromatic heterocycles. The van der Waals surface area contributed by atoms with Gasteiger partial charge >= 0.3 is 0 Å². The van der Waals surface area contributed by atoms with Gasteiger partial charge < -0.3 is 15.4 Å². The Kier molecular flexibility index (Phi) is 5.67. The average molecular weight is 262 g/mol. The first-order valence-electron chi connectivity index (χ1n) is 7.46. The molecule has 0 spiro atoms. The molecule has 3 nitrogen and oxygen atoms in total. The summed E-state index contributed by atoms with van der Waals surface area (Å²) in [5, 5.41) is 0. The van der Waals surface area contributed by atoms with Crippen molar-refractivity contribution < 1.29 is 4.74 Å². The molecule has 1 aromatic carbocycles. The molecule has 1 saturated heterocycles. The van der Waals surface area contributed by atoms with Crippen molar-refractivity contribution in [1.29, 1.82) is 0 Å². The van der Waals surface area contributed by atoms with Gasteiger partial charge in [0.05, 0.1) is 6.61 Å². The molecule has 3 heteroatoms. The smallest absolute Gasteiger partial charge is 0.122 e. The van der Waals surface area contributed by atoms with E-state index in [-0.39, 0.29) is 0 Å². The summed E-state index contributed by atoms with van der Waals surface area (Å²) < 4.78 is 5.70. The van der Waals surface area contributed by atoms with Gasteiger partial charge in [-0.3, -0.25) is 0 Å². The van der Waals surface area contributed by atoms with Crippen LogP contribution in [0.25, 0.3) is 0 Å². The van der Waals surface area contributed by atoms with Crippen molar-refractivity contribution in [1.82, 2.24) is 4.90 Å². The molecular formula is C16H26N2O. The first-order chi connectivity index (χ1) is 9.33. The first kappa shape index (κ1) is 14.4. The van der Waals surface area contributed by atoms with Crippen LogP contribution < -0.4 is 10.5 Å². The van der Waals surface area contributed by atoms with Crippen molar-refractivity contribution in [3.63, 3.8) is 0 Å². The molecule has 0 bridgehead atoms. The largest absolute Gasteiger partial charge is 0.494 e. The highest BCUT2D eigenvalue weighted by molar-refractivity contribution is 5.33. The van der Waals surface area contributed by atoms with Gasteiger partial charge in [-0.2, -0.15) is 0 Å². The van der Waals surface area contributed by atoms with Crippen LogP contribution in [0.5, 0.6) is 5.75 Å². The lowest BCUT2D eigenvalue weighted by atomic mass is 9.98. The summed E-state index contributed by atoms with van der Waals surface area (Å²) in [6, 6.07) is 8.34. The Bertz CT molecular complexity index is 375. The van der Waals surface area contributed by atoms with Crippen LogP contribution in [0, 0.1) is 5.92 Å². The molecule has 1 fully saturated rings. The number of para-hydroxylation sites is 1. The maximum Gasteiger partial charge on any atom is 0.122 e. The van der Waals surface area contributed by atoms with E-state index in [0.29, 0.717) is 5.92 Å². The highest BCUT2D eigenvalue weighted by atomic mass is 16.5. The molecule has 0 radical (unpaired) electrons. The zero-order chi connectivity index (χ0) is 13.5. The van der Waals surface area contributed by atoms with Crippen LogP contribution in [0.2, 0.25) is 0 Å². The van der Waals surface area contributed by atoms with Crippen molar-refractivity contribution in [2.45, 2.75) is 26.2 Å². The van der Waals surface area contributed by atoms with Crippen LogP contribution in [-0.4, -0.2) is 37.7 Å². The van der Waals surface area contributed by atoms with Crippen molar-refractivity contribution in [2.75, 3.05) is 32.8 Å². The highest BCUT2D eigenvalue weighted by Gasteiger charge is 2.18. The Hall–Kier alpha value is -1.06. The number of nitrogens with zero attached hydrogens (tertiary/aromatic N) is 1. The molecule has 1 aliphatic heterocycles. The van der Waals surface area contributed by atoms with E-state index in [4.69, 9.17) is 10.5 Å². The number of hydrogen-bond donors (Lipinski definition) is 1. The van der Waals surface area contributed by atoms with E-state index in [2.05, 4.69) is 23.1 Å². The Balaban J connectivity index is 1.96. The van der Waals surface area contributed by atoms with Gasteiger partial charge in [-0.1, -0.05) is 18.2 Å². The highest BCUT2D eigenvalue weighted by Crippen LogP contribution is 2.22. The van der Waals surface area contributed by atoms with Gasteiger partial charge in [-0.25, -0.2) is 0 Å². The number of ether oxygens (including phenoxy) is 1. The number of rotatable bonds is 7. The number of nitrogens with two attached hydrogens (primary N) is 1. The summed E-state index contributed by atoms with van der Waals surface area (Å²) in [6.07, 6.45) is 3.70. The van der Waals surface area contributed by atoms with Crippen molar-refractivity contribution >= 4 is 0 Å². The van der Waals surface area contributed by atoms with E-state index >= 15 is 0 Å². The average Bonchev–Trinajstić information content (AvgIpc) is 2.93. The van der Waals surface area contributed by atoms with Gasteiger partial charge in [0.2, 0.25) is 0 Å². The third-order valence-corrected chi connectivity index (χ3v) is 3.83. The predicted molar refractivity (Wildman–Crippen MR) is 79.5 cm³/mol. The number of likely N-dealkylation sites (tertiary alicyclic amines) is 1. The maximum atomic E-state index is 5.96. The molecule has 0 amide bonds. The molecular weight excluding hydrogens is 236 g/mol. The molecule has 1 aromatic rings. The van der Waals surface area contributed by atoms with Gasteiger partial charge in [-0.05, 0) is 63.4 Å². The maximum absolute atomic E-state index is 5.96. The summed E-state index contributed by atoms with van der Waals surface area (Å²) >= 11 is 0. The number of hydrogen-bond acceptors (Lipinski definition) is 3.